The van der Waals surface area contributed by atoms with Crippen molar-refractivity contribution in [3.63, 3.8) is 0 Å². The van der Waals surface area contributed by atoms with E-state index in [2.05, 4.69) is 10.1 Å². The first kappa shape index (κ1) is 16.4. The second-order valence-electron chi connectivity index (χ2n) is 4.45. The van der Waals surface area contributed by atoms with E-state index >= 15 is 0 Å². The molecule has 0 saturated heterocycles. The minimum atomic E-state index is -1.22. The van der Waals surface area contributed by atoms with Crippen LogP contribution in [0.1, 0.15) is 30.1 Å². The lowest BCUT2D eigenvalue weighted by Crippen LogP contribution is -2.16. The normalized spacial score (nSPS) is 12.1. The summed E-state index contributed by atoms with van der Waals surface area (Å²) < 4.78 is 31.9. The first-order valence-corrected chi connectivity index (χ1v) is 6.46. The van der Waals surface area contributed by atoms with Gasteiger partial charge in [-0.1, -0.05) is 13.3 Å². The molecule has 4 nitrogen and oxygen atoms in total. The molecule has 2 N–H and O–H groups in total. The van der Waals surface area contributed by atoms with Gasteiger partial charge >= 0.3 is 5.97 Å². The van der Waals surface area contributed by atoms with Crippen LogP contribution in [0.2, 0.25) is 0 Å². The number of hydrogen-bond acceptors (Lipinski definition) is 4. The first-order chi connectivity index (χ1) is 9.54. The second kappa shape index (κ2) is 7.79. The van der Waals surface area contributed by atoms with Crippen molar-refractivity contribution in [3.8, 4) is 0 Å². The molecule has 1 aromatic carbocycles. The number of carbonyl (C=O) groups excluding carboxylic acids is 1. The van der Waals surface area contributed by atoms with E-state index in [1.54, 1.807) is 0 Å². The number of nitrogens with one attached hydrogen (secondary N) is 1. The number of halogens is 2. The summed E-state index contributed by atoms with van der Waals surface area (Å²) in [5.41, 5.74) is -0.440. The largest absolute Gasteiger partial charge is 0.465 e. The Balaban J connectivity index is 2.82. The number of hydrogen-bond donors (Lipinski definition) is 2. The molecule has 0 aromatic heterocycles. The third-order valence-corrected chi connectivity index (χ3v) is 3.18. The average molecular weight is 287 g/mol. The highest BCUT2D eigenvalue weighted by atomic mass is 19.2. The molecule has 6 heteroatoms. The van der Waals surface area contributed by atoms with Crippen molar-refractivity contribution >= 4 is 11.7 Å². The zero-order valence-corrected chi connectivity index (χ0v) is 11.6. The topological polar surface area (TPSA) is 58.6 Å². The van der Waals surface area contributed by atoms with Gasteiger partial charge in [0.1, 0.15) is 0 Å². The van der Waals surface area contributed by atoms with Gasteiger partial charge in [-0.15, -0.1) is 0 Å². The third-order valence-electron chi connectivity index (χ3n) is 3.18. The fourth-order valence-corrected chi connectivity index (χ4v) is 1.84. The standard InChI is InChI=1S/C14H19F2NO3/c1-3-9(6-7-18)8-17-11-5-4-10(14(19)20-2)12(15)13(11)16/h4-5,9,17-18H,3,6-8H2,1-2H3. The van der Waals surface area contributed by atoms with Crippen molar-refractivity contribution in [3.05, 3.63) is 29.3 Å². The van der Waals surface area contributed by atoms with E-state index in [1.165, 1.54) is 12.1 Å². The van der Waals surface area contributed by atoms with Gasteiger partial charge in [-0.2, -0.15) is 0 Å². The first-order valence-electron chi connectivity index (χ1n) is 6.46. The minimum Gasteiger partial charge on any atom is -0.465 e. The van der Waals surface area contributed by atoms with Crippen molar-refractivity contribution in [1.82, 2.24) is 0 Å². The number of anilines is 1. The molecule has 0 heterocycles. The fraction of sp³-hybridized carbons (Fsp3) is 0.500. The molecule has 1 unspecified atom stereocenters. The Morgan fingerprint density at radius 2 is 2.10 bits per heavy atom. The third kappa shape index (κ3) is 3.90. The van der Waals surface area contributed by atoms with E-state index in [-0.39, 0.29) is 18.2 Å². The highest BCUT2D eigenvalue weighted by Gasteiger charge is 2.19. The molecule has 1 aromatic rings. The summed E-state index contributed by atoms with van der Waals surface area (Å²) in [6, 6.07) is 2.48. The molecule has 1 atom stereocenters. The molecule has 1 rings (SSSR count). The zero-order valence-electron chi connectivity index (χ0n) is 11.6. The van der Waals surface area contributed by atoms with E-state index in [9.17, 15) is 13.6 Å². The summed E-state index contributed by atoms with van der Waals surface area (Å²) in [6.07, 6.45) is 1.41. The summed E-state index contributed by atoms with van der Waals surface area (Å²) in [6.45, 7) is 2.43. The lowest BCUT2D eigenvalue weighted by molar-refractivity contribution is 0.0594. The van der Waals surface area contributed by atoms with Crippen LogP contribution in [0, 0.1) is 17.6 Å². The molecule has 0 amide bonds. The second-order valence-corrected chi connectivity index (χ2v) is 4.45. The number of benzene rings is 1. The van der Waals surface area contributed by atoms with E-state index in [0.29, 0.717) is 13.0 Å². The SMILES string of the molecule is CCC(CCO)CNc1ccc(C(=O)OC)c(F)c1F. The van der Waals surface area contributed by atoms with Gasteiger partial charge in [0.05, 0.1) is 18.4 Å². The number of carbonyl (C=O) groups is 1. The van der Waals surface area contributed by atoms with Gasteiger partial charge in [0.15, 0.2) is 11.6 Å². The van der Waals surface area contributed by atoms with Crippen LogP contribution < -0.4 is 5.32 Å². The molecule has 0 aliphatic heterocycles. The van der Waals surface area contributed by atoms with Crippen LogP contribution >= 0.6 is 0 Å². The zero-order chi connectivity index (χ0) is 15.1. The molecular formula is C14H19F2NO3. The van der Waals surface area contributed by atoms with Crippen LogP contribution in [-0.4, -0.2) is 31.3 Å². The fourth-order valence-electron chi connectivity index (χ4n) is 1.84. The van der Waals surface area contributed by atoms with Gasteiger partial charge in [-0.25, -0.2) is 13.6 Å². The van der Waals surface area contributed by atoms with Crippen molar-refractivity contribution < 1.29 is 23.4 Å². The molecule has 20 heavy (non-hydrogen) atoms. The molecular weight excluding hydrogens is 268 g/mol. The highest BCUT2D eigenvalue weighted by Crippen LogP contribution is 2.22. The van der Waals surface area contributed by atoms with Gasteiger partial charge < -0.3 is 15.2 Å². The van der Waals surface area contributed by atoms with Crippen LogP contribution in [0.15, 0.2) is 12.1 Å². The Kier molecular flexibility index (Phi) is 6.38. The Labute approximate surface area is 116 Å². The Morgan fingerprint density at radius 1 is 1.40 bits per heavy atom. The number of esters is 1. The molecule has 0 spiro atoms. The molecule has 0 aliphatic carbocycles. The van der Waals surface area contributed by atoms with E-state index in [1.807, 2.05) is 6.92 Å². The van der Waals surface area contributed by atoms with Crippen LogP contribution in [0.3, 0.4) is 0 Å². The molecule has 0 fully saturated rings. The summed E-state index contributed by atoms with van der Waals surface area (Å²) in [5.74, 6) is -3.08. The lowest BCUT2D eigenvalue weighted by atomic mass is 10.0. The highest BCUT2D eigenvalue weighted by molar-refractivity contribution is 5.90. The predicted octanol–water partition coefficient (Wildman–Crippen LogP) is 2.57. The van der Waals surface area contributed by atoms with Crippen molar-refractivity contribution in [2.24, 2.45) is 5.92 Å². The van der Waals surface area contributed by atoms with Crippen molar-refractivity contribution in [1.29, 1.82) is 0 Å². The van der Waals surface area contributed by atoms with Gasteiger partial charge in [0.25, 0.3) is 0 Å². The van der Waals surface area contributed by atoms with E-state index in [0.717, 1.165) is 13.5 Å². The number of aliphatic hydroxyl groups excluding tert-OH is 1. The molecule has 0 radical (unpaired) electrons. The maximum atomic E-state index is 13.8. The monoisotopic (exact) mass is 287 g/mol. The van der Waals surface area contributed by atoms with Crippen molar-refractivity contribution in [2.45, 2.75) is 19.8 Å². The Bertz CT molecular complexity index is 466. The number of aliphatic hydroxyl groups is 1. The smallest absolute Gasteiger partial charge is 0.340 e. The van der Waals surface area contributed by atoms with Gasteiger partial charge in [0.2, 0.25) is 0 Å². The predicted molar refractivity (Wildman–Crippen MR) is 71.7 cm³/mol. The number of methoxy groups -OCH3 is 1. The van der Waals surface area contributed by atoms with E-state index in [4.69, 9.17) is 5.11 Å². The summed E-state index contributed by atoms with van der Waals surface area (Å²) in [4.78, 5) is 11.2. The van der Waals surface area contributed by atoms with Gasteiger partial charge in [-0.3, -0.25) is 0 Å². The lowest BCUT2D eigenvalue weighted by Gasteiger charge is -2.16. The molecule has 0 aliphatic rings. The van der Waals surface area contributed by atoms with E-state index < -0.39 is 23.2 Å². The van der Waals surface area contributed by atoms with Crippen LogP contribution in [0.5, 0.6) is 0 Å². The van der Waals surface area contributed by atoms with Gasteiger partial charge in [-0.05, 0) is 24.5 Å². The summed E-state index contributed by atoms with van der Waals surface area (Å²) >= 11 is 0. The number of rotatable bonds is 7. The molecule has 0 bridgehead atoms. The minimum absolute atomic E-state index is 0.00783. The summed E-state index contributed by atoms with van der Waals surface area (Å²) in [7, 11) is 1.10. The van der Waals surface area contributed by atoms with Crippen molar-refractivity contribution in [2.75, 3.05) is 25.6 Å². The van der Waals surface area contributed by atoms with Crippen LogP contribution in [-0.2, 0) is 4.74 Å². The van der Waals surface area contributed by atoms with Crippen LogP contribution in [0.4, 0.5) is 14.5 Å². The Hall–Kier alpha value is -1.69. The average Bonchev–Trinajstić information content (AvgIpc) is 2.46. The molecule has 0 saturated carbocycles. The Morgan fingerprint density at radius 3 is 2.65 bits per heavy atom. The van der Waals surface area contributed by atoms with Gasteiger partial charge in [0, 0.05) is 13.2 Å². The molecule has 112 valence electrons. The number of ether oxygens (including phenoxy) is 1. The maximum absolute atomic E-state index is 13.8. The quantitative estimate of drug-likeness (QED) is 0.757. The summed E-state index contributed by atoms with van der Waals surface area (Å²) in [5, 5.41) is 11.7. The maximum Gasteiger partial charge on any atom is 0.340 e. The van der Waals surface area contributed by atoms with Crippen LogP contribution in [0.25, 0.3) is 0 Å².